The van der Waals surface area contributed by atoms with Gasteiger partial charge >= 0.3 is 0 Å². The molecular weight excluding hydrogens is 290 g/mol. The smallest absolute Gasteiger partial charge is 0.198 e. The van der Waals surface area contributed by atoms with Crippen LogP contribution >= 0.6 is 11.6 Å². The third-order valence-electron chi connectivity index (χ3n) is 3.47. The summed E-state index contributed by atoms with van der Waals surface area (Å²) in [5.41, 5.74) is 2.00. The van der Waals surface area contributed by atoms with E-state index in [2.05, 4.69) is 12.2 Å². The van der Waals surface area contributed by atoms with Gasteiger partial charge in [0.05, 0.1) is 25.5 Å². The van der Waals surface area contributed by atoms with Crippen LogP contribution in [-0.2, 0) is 0 Å². The zero-order valence-corrected chi connectivity index (χ0v) is 12.7. The van der Waals surface area contributed by atoms with Gasteiger partial charge in [-0.05, 0) is 41.9 Å². The molecule has 112 valence electrons. The molecule has 1 N–H and O–H groups in total. The maximum atomic E-state index is 6.13. The molecule has 0 radical (unpaired) electrons. The van der Waals surface area contributed by atoms with E-state index in [0.29, 0.717) is 18.4 Å². The fraction of sp³-hybridized carbons (Fsp3) is 0.375. The van der Waals surface area contributed by atoms with E-state index in [0.717, 1.165) is 35.6 Å². The second-order valence-corrected chi connectivity index (χ2v) is 5.24. The number of halogens is 1. The van der Waals surface area contributed by atoms with E-state index in [1.165, 1.54) is 0 Å². The Balaban J connectivity index is 1.96. The minimum absolute atomic E-state index is 0.0293. The van der Waals surface area contributed by atoms with Gasteiger partial charge in [-0.1, -0.05) is 13.0 Å². The van der Waals surface area contributed by atoms with Crippen molar-refractivity contribution in [2.24, 2.45) is 0 Å². The van der Waals surface area contributed by atoms with Gasteiger partial charge in [-0.3, -0.25) is 0 Å². The van der Waals surface area contributed by atoms with Gasteiger partial charge in [0, 0.05) is 12.0 Å². The molecule has 1 aromatic heterocycles. The molecule has 1 aliphatic heterocycles. The third-order valence-corrected chi connectivity index (χ3v) is 3.78. The fourth-order valence-electron chi connectivity index (χ4n) is 2.48. The van der Waals surface area contributed by atoms with Crippen molar-refractivity contribution in [3.05, 3.63) is 46.9 Å². The topological polar surface area (TPSA) is 43.6 Å². The highest BCUT2D eigenvalue weighted by Crippen LogP contribution is 2.35. The first-order valence-corrected chi connectivity index (χ1v) is 7.53. The molecule has 1 unspecified atom stereocenters. The van der Waals surface area contributed by atoms with E-state index in [1.807, 2.05) is 24.3 Å². The Morgan fingerprint density at radius 1 is 1.19 bits per heavy atom. The minimum atomic E-state index is -0.0293. The number of fused-ring (bicyclic) bond motifs is 1. The van der Waals surface area contributed by atoms with E-state index in [1.54, 1.807) is 6.26 Å². The van der Waals surface area contributed by atoms with Gasteiger partial charge in [0.2, 0.25) is 0 Å². The molecule has 2 aromatic rings. The van der Waals surface area contributed by atoms with Crippen LogP contribution in [0.2, 0.25) is 5.22 Å². The number of benzene rings is 1. The third kappa shape index (κ3) is 3.01. The summed E-state index contributed by atoms with van der Waals surface area (Å²) in [6.45, 7) is 4.25. The number of hydrogen-bond donors (Lipinski definition) is 1. The first-order chi connectivity index (χ1) is 10.3. The molecule has 1 atom stereocenters. The maximum absolute atomic E-state index is 6.13. The van der Waals surface area contributed by atoms with Crippen LogP contribution in [-0.4, -0.2) is 19.8 Å². The Hall–Kier alpha value is -1.65. The summed E-state index contributed by atoms with van der Waals surface area (Å²) in [5, 5.41) is 3.83. The Labute approximate surface area is 129 Å². The molecule has 0 spiro atoms. The lowest BCUT2D eigenvalue weighted by molar-refractivity contribution is 0.297. The van der Waals surface area contributed by atoms with E-state index in [9.17, 15) is 0 Å². The molecular formula is C16H18ClNO3. The second kappa shape index (κ2) is 6.41. The zero-order chi connectivity index (χ0) is 14.7. The Kier molecular flexibility index (Phi) is 4.36. The molecule has 0 aliphatic carbocycles. The van der Waals surface area contributed by atoms with Gasteiger partial charge in [-0.25, -0.2) is 0 Å². The SMILES string of the molecule is CCNC(c1ccc2c(c1)OCCCO2)c1ccoc1Cl. The summed E-state index contributed by atoms with van der Waals surface area (Å²) < 4.78 is 16.6. The fourth-order valence-corrected chi connectivity index (χ4v) is 2.70. The predicted molar refractivity (Wildman–Crippen MR) is 81.3 cm³/mol. The van der Waals surface area contributed by atoms with Crippen molar-refractivity contribution in [3.8, 4) is 11.5 Å². The van der Waals surface area contributed by atoms with Gasteiger partial charge < -0.3 is 19.2 Å². The highest BCUT2D eigenvalue weighted by atomic mass is 35.5. The second-order valence-electron chi connectivity index (χ2n) is 4.90. The van der Waals surface area contributed by atoms with Gasteiger partial charge in [0.25, 0.3) is 0 Å². The van der Waals surface area contributed by atoms with E-state index in [4.69, 9.17) is 25.5 Å². The molecule has 0 fully saturated rings. The molecule has 2 heterocycles. The number of furan rings is 1. The molecule has 1 aliphatic rings. The minimum Gasteiger partial charge on any atom is -0.490 e. The quantitative estimate of drug-likeness (QED) is 0.933. The first kappa shape index (κ1) is 14.3. The summed E-state index contributed by atoms with van der Waals surface area (Å²) in [5.74, 6) is 1.58. The molecule has 0 bridgehead atoms. The van der Waals surface area contributed by atoms with Crippen LogP contribution in [0.3, 0.4) is 0 Å². The number of rotatable bonds is 4. The Morgan fingerprint density at radius 2 is 2.00 bits per heavy atom. The average Bonchev–Trinajstić information content (AvgIpc) is 2.78. The maximum Gasteiger partial charge on any atom is 0.198 e. The molecule has 21 heavy (non-hydrogen) atoms. The van der Waals surface area contributed by atoms with Crippen LogP contribution in [0.15, 0.2) is 34.9 Å². The molecule has 0 saturated carbocycles. The van der Waals surface area contributed by atoms with Crippen molar-refractivity contribution in [1.29, 1.82) is 0 Å². The Bertz CT molecular complexity index is 611. The lowest BCUT2D eigenvalue weighted by atomic mass is 10.0. The van der Waals surface area contributed by atoms with Crippen LogP contribution in [0, 0.1) is 0 Å². The zero-order valence-electron chi connectivity index (χ0n) is 11.9. The van der Waals surface area contributed by atoms with Crippen LogP contribution < -0.4 is 14.8 Å². The highest BCUT2D eigenvalue weighted by molar-refractivity contribution is 6.29. The molecule has 1 aromatic carbocycles. The van der Waals surface area contributed by atoms with E-state index >= 15 is 0 Å². The van der Waals surface area contributed by atoms with Crippen molar-refractivity contribution in [1.82, 2.24) is 5.32 Å². The molecule has 0 saturated heterocycles. The number of nitrogens with one attached hydrogen (secondary N) is 1. The van der Waals surface area contributed by atoms with Crippen molar-refractivity contribution >= 4 is 11.6 Å². The van der Waals surface area contributed by atoms with Crippen LogP contribution in [0.1, 0.15) is 30.5 Å². The van der Waals surface area contributed by atoms with Gasteiger partial charge in [0.15, 0.2) is 16.7 Å². The predicted octanol–water partition coefficient (Wildman–Crippen LogP) is 3.79. The van der Waals surface area contributed by atoms with E-state index < -0.39 is 0 Å². The van der Waals surface area contributed by atoms with Gasteiger partial charge in [0.1, 0.15) is 0 Å². The van der Waals surface area contributed by atoms with Crippen LogP contribution in [0.25, 0.3) is 0 Å². The van der Waals surface area contributed by atoms with E-state index in [-0.39, 0.29) is 6.04 Å². The summed E-state index contributed by atoms with van der Waals surface area (Å²) in [4.78, 5) is 0. The lowest BCUT2D eigenvalue weighted by Gasteiger charge is -2.19. The summed E-state index contributed by atoms with van der Waals surface area (Å²) in [7, 11) is 0. The lowest BCUT2D eigenvalue weighted by Crippen LogP contribution is -2.21. The van der Waals surface area contributed by atoms with Crippen molar-refractivity contribution < 1.29 is 13.9 Å². The molecule has 0 amide bonds. The van der Waals surface area contributed by atoms with Gasteiger partial charge in [-0.15, -0.1) is 0 Å². The molecule has 4 nitrogen and oxygen atoms in total. The molecule has 3 rings (SSSR count). The normalized spacial score (nSPS) is 15.5. The van der Waals surface area contributed by atoms with Crippen LogP contribution in [0.4, 0.5) is 0 Å². The number of ether oxygens (including phenoxy) is 2. The van der Waals surface area contributed by atoms with Gasteiger partial charge in [-0.2, -0.15) is 0 Å². The van der Waals surface area contributed by atoms with Crippen molar-refractivity contribution in [3.63, 3.8) is 0 Å². The highest BCUT2D eigenvalue weighted by Gasteiger charge is 2.20. The van der Waals surface area contributed by atoms with Crippen molar-refractivity contribution in [2.45, 2.75) is 19.4 Å². The summed E-state index contributed by atoms with van der Waals surface area (Å²) in [6.07, 6.45) is 2.50. The summed E-state index contributed by atoms with van der Waals surface area (Å²) in [6, 6.07) is 7.85. The standard InChI is InChI=1S/C16H18ClNO3/c1-2-18-15(12-6-9-21-16(12)17)11-4-5-13-14(10-11)20-8-3-7-19-13/h4-6,9-10,15,18H,2-3,7-8H2,1H3. The number of hydrogen-bond acceptors (Lipinski definition) is 4. The largest absolute Gasteiger partial charge is 0.490 e. The molecule has 5 heteroatoms. The van der Waals surface area contributed by atoms with Crippen LogP contribution in [0.5, 0.6) is 11.5 Å². The van der Waals surface area contributed by atoms with Crippen molar-refractivity contribution in [2.75, 3.05) is 19.8 Å². The monoisotopic (exact) mass is 307 g/mol. The first-order valence-electron chi connectivity index (χ1n) is 7.15. The summed E-state index contributed by atoms with van der Waals surface area (Å²) >= 11 is 6.13. The Morgan fingerprint density at radius 3 is 2.71 bits per heavy atom. The average molecular weight is 308 g/mol.